The number of nitrogens with zero attached hydrogens (tertiary/aromatic N) is 1. The summed E-state index contributed by atoms with van der Waals surface area (Å²) in [5, 5.41) is 5.53. The van der Waals surface area contributed by atoms with Gasteiger partial charge in [-0.2, -0.15) is 0 Å². The molecule has 1 heterocycles. The van der Waals surface area contributed by atoms with E-state index in [9.17, 15) is 9.59 Å². The standard InChI is InChI=1S/C22H21N3O4/c1-3-29-17-10-8-16(9-11-17)24-21(26)15-12-13-23-19(14-15)22(27)25-18-6-4-5-7-20(18)28-2/h4-14H,3H2,1-2H3,(H,24,26)(H,25,27). The third-order valence-electron chi connectivity index (χ3n) is 4.03. The zero-order chi connectivity index (χ0) is 20.6. The quantitative estimate of drug-likeness (QED) is 0.636. The van der Waals surface area contributed by atoms with Gasteiger partial charge in [-0.3, -0.25) is 14.6 Å². The number of rotatable bonds is 7. The summed E-state index contributed by atoms with van der Waals surface area (Å²) < 4.78 is 10.6. The summed E-state index contributed by atoms with van der Waals surface area (Å²) in [7, 11) is 1.52. The topological polar surface area (TPSA) is 89.5 Å². The van der Waals surface area contributed by atoms with Crippen LogP contribution >= 0.6 is 0 Å². The number of carbonyl (C=O) groups is 2. The van der Waals surface area contributed by atoms with E-state index in [4.69, 9.17) is 9.47 Å². The first kappa shape index (κ1) is 19.9. The van der Waals surface area contributed by atoms with Crippen LogP contribution in [0.3, 0.4) is 0 Å². The average Bonchev–Trinajstić information content (AvgIpc) is 2.75. The first-order chi connectivity index (χ1) is 14.1. The molecule has 0 fully saturated rings. The molecule has 0 unspecified atom stereocenters. The van der Waals surface area contributed by atoms with Crippen molar-refractivity contribution < 1.29 is 19.1 Å². The van der Waals surface area contributed by atoms with Gasteiger partial charge in [0.2, 0.25) is 0 Å². The minimum absolute atomic E-state index is 0.121. The van der Waals surface area contributed by atoms with Gasteiger partial charge in [0.15, 0.2) is 0 Å². The predicted molar refractivity (Wildman–Crippen MR) is 111 cm³/mol. The lowest BCUT2D eigenvalue weighted by Crippen LogP contribution is -2.17. The molecule has 0 radical (unpaired) electrons. The Hall–Kier alpha value is -3.87. The maximum absolute atomic E-state index is 12.5. The smallest absolute Gasteiger partial charge is 0.274 e. The number of para-hydroxylation sites is 2. The van der Waals surface area contributed by atoms with Gasteiger partial charge in [-0.25, -0.2) is 0 Å². The Kier molecular flexibility index (Phi) is 6.42. The zero-order valence-electron chi connectivity index (χ0n) is 16.1. The number of amides is 2. The van der Waals surface area contributed by atoms with Gasteiger partial charge in [0.1, 0.15) is 17.2 Å². The maximum atomic E-state index is 12.5. The molecule has 0 bridgehead atoms. The van der Waals surface area contributed by atoms with E-state index in [0.717, 1.165) is 5.75 Å². The third-order valence-corrected chi connectivity index (χ3v) is 4.03. The summed E-state index contributed by atoms with van der Waals surface area (Å²) in [6.45, 7) is 2.48. The van der Waals surface area contributed by atoms with Crippen LogP contribution in [0, 0.1) is 0 Å². The maximum Gasteiger partial charge on any atom is 0.274 e. The average molecular weight is 391 g/mol. The molecule has 2 N–H and O–H groups in total. The number of methoxy groups -OCH3 is 1. The van der Waals surface area contributed by atoms with Gasteiger partial charge in [-0.05, 0) is 55.5 Å². The van der Waals surface area contributed by atoms with Gasteiger partial charge in [-0.15, -0.1) is 0 Å². The zero-order valence-corrected chi connectivity index (χ0v) is 16.1. The first-order valence-electron chi connectivity index (χ1n) is 9.05. The van der Waals surface area contributed by atoms with E-state index >= 15 is 0 Å². The van der Waals surface area contributed by atoms with Crippen molar-refractivity contribution in [3.63, 3.8) is 0 Å². The minimum atomic E-state index is -0.440. The van der Waals surface area contributed by atoms with Crippen molar-refractivity contribution in [1.82, 2.24) is 4.98 Å². The van der Waals surface area contributed by atoms with Crippen molar-refractivity contribution in [2.45, 2.75) is 6.92 Å². The van der Waals surface area contributed by atoms with Gasteiger partial charge in [0.25, 0.3) is 11.8 Å². The Morgan fingerprint density at radius 2 is 1.72 bits per heavy atom. The van der Waals surface area contributed by atoms with Crippen LogP contribution in [0.4, 0.5) is 11.4 Å². The molecule has 0 spiro atoms. The fraction of sp³-hybridized carbons (Fsp3) is 0.136. The van der Waals surface area contributed by atoms with Gasteiger partial charge in [0, 0.05) is 17.4 Å². The molecule has 3 aromatic rings. The van der Waals surface area contributed by atoms with Crippen molar-refractivity contribution in [2.24, 2.45) is 0 Å². The second-order valence-electron chi connectivity index (χ2n) is 6.00. The van der Waals surface area contributed by atoms with E-state index in [0.29, 0.717) is 29.3 Å². The lowest BCUT2D eigenvalue weighted by Gasteiger charge is -2.10. The number of hydrogen-bond donors (Lipinski definition) is 2. The van der Waals surface area contributed by atoms with Crippen LogP contribution in [0.2, 0.25) is 0 Å². The van der Waals surface area contributed by atoms with Crippen molar-refractivity contribution in [3.8, 4) is 11.5 Å². The molecule has 0 saturated heterocycles. The van der Waals surface area contributed by atoms with Gasteiger partial charge in [0.05, 0.1) is 19.4 Å². The van der Waals surface area contributed by atoms with Crippen LogP contribution in [-0.2, 0) is 0 Å². The molecule has 2 aromatic carbocycles. The summed E-state index contributed by atoms with van der Waals surface area (Å²) in [6.07, 6.45) is 1.42. The van der Waals surface area contributed by atoms with E-state index in [1.165, 1.54) is 19.4 Å². The SMILES string of the molecule is CCOc1ccc(NC(=O)c2ccnc(C(=O)Nc3ccccc3OC)c2)cc1. The molecule has 0 aliphatic carbocycles. The van der Waals surface area contributed by atoms with Crippen molar-refractivity contribution in [2.75, 3.05) is 24.4 Å². The molecule has 7 heteroatoms. The molecule has 0 aliphatic heterocycles. The fourth-order valence-corrected chi connectivity index (χ4v) is 2.63. The molecule has 29 heavy (non-hydrogen) atoms. The summed E-state index contributed by atoms with van der Waals surface area (Å²) in [6, 6.07) is 17.1. The Morgan fingerprint density at radius 1 is 0.966 bits per heavy atom. The number of benzene rings is 2. The number of hydrogen-bond acceptors (Lipinski definition) is 5. The number of carbonyl (C=O) groups excluding carboxylic acids is 2. The van der Waals surface area contributed by atoms with Crippen LogP contribution in [0.15, 0.2) is 66.9 Å². The Morgan fingerprint density at radius 3 is 2.45 bits per heavy atom. The molecule has 0 saturated carbocycles. The van der Waals surface area contributed by atoms with E-state index in [1.54, 1.807) is 54.6 Å². The van der Waals surface area contributed by atoms with Gasteiger partial charge >= 0.3 is 0 Å². The van der Waals surface area contributed by atoms with E-state index in [2.05, 4.69) is 15.6 Å². The van der Waals surface area contributed by atoms with Gasteiger partial charge in [-0.1, -0.05) is 12.1 Å². The Labute approximate surface area is 168 Å². The van der Waals surface area contributed by atoms with Crippen LogP contribution in [0.25, 0.3) is 0 Å². The molecule has 148 valence electrons. The monoisotopic (exact) mass is 391 g/mol. The molecule has 0 atom stereocenters. The van der Waals surface area contributed by atoms with Crippen LogP contribution in [0.5, 0.6) is 11.5 Å². The summed E-state index contributed by atoms with van der Waals surface area (Å²) in [5.41, 5.74) is 1.58. The molecule has 1 aromatic heterocycles. The van der Waals surface area contributed by atoms with Crippen molar-refractivity contribution in [1.29, 1.82) is 0 Å². The van der Waals surface area contributed by atoms with E-state index < -0.39 is 5.91 Å². The molecular weight excluding hydrogens is 370 g/mol. The largest absolute Gasteiger partial charge is 0.495 e. The lowest BCUT2D eigenvalue weighted by atomic mass is 10.2. The Balaban J connectivity index is 1.71. The number of aromatic nitrogens is 1. The molecule has 0 aliphatic rings. The predicted octanol–water partition coefficient (Wildman–Crippen LogP) is 3.99. The molecular formula is C22H21N3O4. The summed E-state index contributed by atoms with van der Waals surface area (Å²) >= 11 is 0. The normalized spacial score (nSPS) is 10.1. The Bertz CT molecular complexity index is 1000. The van der Waals surface area contributed by atoms with E-state index in [1.807, 2.05) is 6.92 Å². The van der Waals surface area contributed by atoms with E-state index in [-0.39, 0.29) is 11.6 Å². The second kappa shape index (κ2) is 9.36. The number of ether oxygens (including phenoxy) is 2. The minimum Gasteiger partial charge on any atom is -0.495 e. The van der Waals surface area contributed by atoms with Crippen LogP contribution < -0.4 is 20.1 Å². The van der Waals surface area contributed by atoms with Crippen LogP contribution in [0.1, 0.15) is 27.8 Å². The second-order valence-corrected chi connectivity index (χ2v) is 6.00. The fourth-order valence-electron chi connectivity index (χ4n) is 2.63. The van der Waals surface area contributed by atoms with Crippen molar-refractivity contribution in [3.05, 3.63) is 78.1 Å². The summed E-state index contributed by atoms with van der Waals surface area (Å²) in [4.78, 5) is 29.1. The molecule has 7 nitrogen and oxygen atoms in total. The highest BCUT2D eigenvalue weighted by Gasteiger charge is 2.14. The summed E-state index contributed by atoms with van der Waals surface area (Å²) in [5.74, 6) is 0.475. The first-order valence-corrected chi connectivity index (χ1v) is 9.05. The highest BCUT2D eigenvalue weighted by Crippen LogP contribution is 2.23. The van der Waals surface area contributed by atoms with Crippen LogP contribution in [-0.4, -0.2) is 30.5 Å². The number of nitrogens with one attached hydrogen (secondary N) is 2. The number of anilines is 2. The van der Waals surface area contributed by atoms with Gasteiger partial charge < -0.3 is 20.1 Å². The highest BCUT2D eigenvalue weighted by atomic mass is 16.5. The lowest BCUT2D eigenvalue weighted by molar-refractivity contribution is 0.102. The molecule has 2 amide bonds. The number of pyridine rings is 1. The highest BCUT2D eigenvalue weighted by molar-refractivity contribution is 6.08. The third kappa shape index (κ3) is 5.10. The van der Waals surface area contributed by atoms with Crippen molar-refractivity contribution >= 4 is 23.2 Å². The molecule has 3 rings (SSSR count).